The molecule has 0 fully saturated rings. The normalized spacial score (nSPS) is 10.3. The molecule has 0 radical (unpaired) electrons. The Balaban J connectivity index is 0.00000300. The highest BCUT2D eigenvalue weighted by molar-refractivity contribution is 9.10. The van der Waals surface area contributed by atoms with E-state index >= 15 is 0 Å². The Kier molecular flexibility index (Phi) is 9.38. The molecule has 0 aliphatic rings. The molecule has 2 aromatic carbocycles. The summed E-state index contributed by atoms with van der Waals surface area (Å²) in [6, 6.07) is 16.1. The largest absolute Gasteiger partial charge is 0.490 e. The number of aromatic nitrogens is 1. The van der Waals surface area contributed by atoms with E-state index in [-0.39, 0.29) is 18.2 Å². The van der Waals surface area contributed by atoms with Gasteiger partial charge in [0.1, 0.15) is 12.4 Å². The zero-order chi connectivity index (χ0) is 19.8. The predicted molar refractivity (Wildman–Crippen MR) is 118 cm³/mol. The molecule has 0 spiro atoms. The van der Waals surface area contributed by atoms with Gasteiger partial charge in [-0.15, -0.1) is 12.4 Å². The first-order valence-electron chi connectivity index (χ1n) is 9.08. The molecule has 0 unspecified atom stereocenters. The number of benzene rings is 2. The van der Waals surface area contributed by atoms with Gasteiger partial charge in [0.15, 0.2) is 11.5 Å². The maximum Gasteiger partial charge on any atom is 0.175 e. The average molecular weight is 482 g/mol. The van der Waals surface area contributed by atoms with Gasteiger partial charge < -0.3 is 14.8 Å². The number of nitrogens with one attached hydrogen (secondary N) is 1. The highest BCUT2D eigenvalue weighted by Gasteiger charge is 2.13. The van der Waals surface area contributed by atoms with E-state index in [1.807, 2.05) is 37.3 Å². The quantitative estimate of drug-likeness (QED) is 0.427. The third-order valence-electron chi connectivity index (χ3n) is 4.03. The second-order valence-electron chi connectivity index (χ2n) is 6.18. The fraction of sp³-hybridized carbons (Fsp3) is 0.227. The van der Waals surface area contributed by atoms with Crippen LogP contribution in [-0.2, 0) is 19.7 Å². The third-order valence-corrected chi connectivity index (χ3v) is 4.62. The van der Waals surface area contributed by atoms with Crippen molar-refractivity contribution >= 4 is 28.3 Å². The van der Waals surface area contributed by atoms with Crippen molar-refractivity contribution in [3.05, 3.63) is 87.9 Å². The standard InChI is InChI=1S/C22H22BrFN2O2.ClH/c1-2-27-21-12-17(13-25-14-19-5-3-4-10-26-19)11-20(23)22(21)28-15-16-6-8-18(24)9-7-16;/h3-12,25H,2,13-15H2,1H3;1H. The van der Waals surface area contributed by atoms with Crippen LogP contribution < -0.4 is 14.8 Å². The van der Waals surface area contributed by atoms with Crippen molar-refractivity contribution in [1.82, 2.24) is 10.3 Å². The van der Waals surface area contributed by atoms with Crippen molar-refractivity contribution in [3.8, 4) is 11.5 Å². The molecule has 154 valence electrons. The van der Waals surface area contributed by atoms with Gasteiger partial charge in [-0.05, 0) is 70.4 Å². The lowest BCUT2D eigenvalue weighted by Crippen LogP contribution is -2.14. The molecule has 1 heterocycles. The lowest BCUT2D eigenvalue weighted by Gasteiger charge is -2.16. The predicted octanol–water partition coefficient (Wildman–Crippen LogP) is 5.67. The second kappa shape index (κ2) is 11.8. The minimum atomic E-state index is -0.262. The summed E-state index contributed by atoms with van der Waals surface area (Å²) in [6.07, 6.45) is 1.79. The van der Waals surface area contributed by atoms with Crippen LogP contribution in [0, 0.1) is 5.82 Å². The number of hydrogen-bond acceptors (Lipinski definition) is 4. The molecule has 1 N–H and O–H groups in total. The molecule has 7 heteroatoms. The molecule has 29 heavy (non-hydrogen) atoms. The number of ether oxygens (including phenoxy) is 2. The summed E-state index contributed by atoms with van der Waals surface area (Å²) in [5.41, 5.74) is 2.95. The molecule has 0 saturated heterocycles. The molecule has 0 amide bonds. The van der Waals surface area contributed by atoms with E-state index in [4.69, 9.17) is 9.47 Å². The second-order valence-corrected chi connectivity index (χ2v) is 7.03. The van der Waals surface area contributed by atoms with Gasteiger partial charge in [0.25, 0.3) is 0 Å². The van der Waals surface area contributed by atoms with Gasteiger partial charge >= 0.3 is 0 Å². The van der Waals surface area contributed by atoms with Crippen LogP contribution in [0.2, 0.25) is 0 Å². The van der Waals surface area contributed by atoms with Gasteiger partial charge in [-0.3, -0.25) is 4.98 Å². The topological polar surface area (TPSA) is 43.4 Å². The van der Waals surface area contributed by atoms with E-state index in [1.165, 1.54) is 12.1 Å². The van der Waals surface area contributed by atoms with Crippen LogP contribution in [0.4, 0.5) is 4.39 Å². The zero-order valence-electron chi connectivity index (χ0n) is 16.0. The summed E-state index contributed by atoms with van der Waals surface area (Å²) < 4.78 is 25.6. The highest BCUT2D eigenvalue weighted by atomic mass is 79.9. The number of hydrogen-bond donors (Lipinski definition) is 1. The van der Waals surface area contributed by atoms with E-state index in [9.17, 15) is 4.39 Å². The van der Waals surface area contributed by atoms with E-state index < -0.39 is 0 Å². The molecular formula is C22H23BrClFN2O2. The molecule has 0 saturated carbocycles. The Morgan fingerprint density at radius 3 is 2.48 bits per heavy atom. The fourth-order valence-electron chi connectivity index (χ4n) is 2.70. The van der Waals surface area contributed by atoms with Crippen LogP contribution in [-0.4, -0.2) is 11.6 Å². The summed E-state index contributed by atoms with van der Waals surface area (Å²) in [5.74, 6) is 1.05. The van der Waals surface area contributed by atoms with Crippen LogP contribution in [0.5, 0.6) is 11.5 Å². The SMILES string of the molecule is CCOc1cc(CNCc2ccccn2)cc(Br)c1OCc1ccc(F)cc1.Cl. The smallest absolute Gasteiger partial charge is 0.175 e. The van der Waals surface area contributed by atoms with E-state index in [0.29, 0.717) is 37.8 Å². The van der Waals surface area contributed by atoms with Crippen molar-refractivity contribution in [3.63, 3.8) is 0 Å². The Labute approximate surface area is 185 Å². The maximum atomic E-state index is 13.1. The van der Waals surface area contributed by atoms with Crippen molar-refractivity contribution in [2.45, 2.75) is 26.6 Å². The summed E-state index contributed by atoms with van der Waals surface area (Å²) >= 11 is 3.58. The first-order chi connectivity index (χ1) is 13.7. The molecule has 0 bridgehead atoms. The monoisotopic (exact) mass is 480 g/mol. The number of halogens is 3. The first kappa shape index (κ1) is 23.1. The first-order valence-corrected chi connectivity index (χ1v) is 9.88. The molecule has 0 aliphatic heterocycles. The van der Waals surface area contributed by atoms with Crippen molar-refractivity contribution < 1.29 is 13.9 Å². The Bertz CT molecular complexity index is 895. The van der Waals surface area contributed by atoms with Gasteiger partial charge in [0.05, 0.1) is 16.8 Å². The maximum absolute atomic E-state index is 13.1. The Morgan fingerprint density at radius 2 is 1.79 bits per heavy atom. The summed E-state index contributed by atoms with van der Waals surface area (Å²) in [6.45, 7) is 4.16. The lowest BCUT2D eigenvalue weighted by atomic mass is 10.2. The molecule has 1 aromatic heterocycles. The van der Waals surface area contributed by atoms with Gasteiger partial charge in [-0.25, -0.2) is 4.39 Å². The van der Waals surface area contributed by atoms with Crippen LogP contribution in [0.25, 0.3) is 0 Å². The summed E-state index contributed by atoms with van der Waals surface area (Å²) in [7, 11) is 0. The lowest BCUT2D eigenvalue weighted by molar-refractivity contribution is 0.267. The minimum Gasteiger partial charge on any atom is -0.490 e. The van der Waals surface area contributed by atoms with Crippen molar-refractivity contribution in [2.24, 2.45) is 0 Å². The molecular weight excluding hydrogens is 459 g/mol. The fourth-order valence-corrected chi connectivity index (χ4v) is 3.30. The zero-order valence-corrected chi connectivity index (χ0v) is 18.4. The number of nitrogens with zero attached hydrogens (tertiary/aromatic N) is 1. The Hall–Kier alpha value is -2.15. The minimum absolute atomic E-state index is 0. The van der Waals surface area contributed by atoms with Crippen molar-refractivity contribution in [1.29, 1.82) is 0 Å². The van der Waals surface area contributed by atoms with Crippen LogP contribution >= 0.6 is 28.3 Å². The number of pyridine rings is 1. The van der Waals surface area contributed by atoms with Crippen LogP contribution in [0.15, 0.2) is 65.3 Å². The van der Waals surface area contributed by atoms with Gasteiger partial charge in [-0.2, -0.15) is 0 Å². The van der Waals surface area contributed by atoms with Crippen LogP contribution in [0.1, 0.15) is 23.7 Å². The molecule has 0 atom stereocenters. The molecule has 3 aromatic rings. The van der Waals surface area contributed by atoms with Gasteiger partial charge in [0.2, 0.25) is 0 Å². The van der Waals surface area contributed by atoms with E-state index in [0.717, 1.165) is 21.3 Å². The average Bonchev–Trinajstić information content (AvgIpc) is 2.70. The van der Waals surface area contributed by atoms with E-state index in [2.05, 4.69) is 26.2 Å². The number of rotatable bonds is 9. The highest BCUT2D eigenvalue weighted by Crippen LogP contribution is 2.37. The molecule has 4 nitrogen and oxygen atoms in total. The Morgan fingerprint density at radius 1 is 1.00 bits per heavy atom. The van der Waals surface area contributed by atoms with Crippen molar-refractivity contribution in [2.75, 3.05) is 6.61 Å². The van der Waals surface area contributed by atoms with Gasteiger partial charge in [0, 0.05) is 19.3 Å². The molecule has 0 aliphatic carbocycles. The summed E-state index contributed by atoms with van der Waals surface area (Å²) in [5, 5.41) is 3.38. The summed E-state index contributed by atoms with van der Waals surface area (Å²) in [4.78, 5) is 4.31. The van der Waals surface area contributed by atoms with Gasteiger partial charge in [-0.1, -0.05) is 18.2 Å². The third kappa shape index (κ3) is 6.99. The van der Waals surface area contributed by atoms with E-state index in [1.54, 1.807) is 18.3 Å². The van der Waals surface area contributed by atoms with Crippen LogP contribution in [0.3, 0.4) is 0 Å². The molecule has 3 rings (SSSR count).